The molecule has 0 saturated heterocycles. The molecule has 1 aromatic carbocycles. The van der Waals surface area contributed by atoms with Crippen molar-refractivity contribution in [2.75, 3.05) is 0 Å². The molecule has 2 aromatic heterocycles. The fraction of sp³-hybridized carbons (Fsp3) is 0. The van der Waals surface area contributed by atoms with E-state index in [0.29, 0.717) is 9.20 Å². The lowest BCUT2D eigenvalue weighted by Gasteiger charge is -1.89. The number of hydrogen-bond donors (Lipinski definition) is 2. The largest absolute Gasteiger partial charge is 0.361 e. The molecular weight excluding hydrogens is 232 g/mol. The second kappa shape index (κ2) is 3.75. The highest BCUT2D eigenvalue weighted by Crippen LogP contribution is 2.17. The average Bonchev–Trinajstić information content (AvgIpc) is 2.85. The predicted octanol–water partition coefficient (Wildman–Crippen LogP) is 1.16. The number of nitrogens with one attached hydrogen (secondary N) is 2. The number of thiazole rings is 1. The molecule has 0 aliphatic heterocycles. The van der Waals surface area contributed by atoms with Gasteiger partial charge in [0.15, 0.2) is 0 Å². The quantitative estimate of drug-likeness (QED) is 0.661. The summed E-state index contributed by atoms with van der Waals surface area (Å²) in [4.78, 5) is 17.4. The van der Waals surface area contributed by atoms with E-state index in [1.54, 1.807) is 0 Å². The van der Waals surface area contributed by atoms with E-state index in [1.807, 2.05) is 36.5 Å². The van der Waals surface area contributed by atoms with E-state index < -0.39 is 0 Å². The summed E-state index contributed by atoms with van der Waals surface area (Å²) in [6.45, 7) is 3.73. The summed E-state index contributed by atoms with van der Waals surface area (Å²) in [6, 6.07) is 8.01. The fourth-order valence-corrected chi connectivity index (χ4v) is 2.58. The van der Waals surface area contributed by atoms with E-state index in [-0.39, 0.29) is 5.56 Å². The SMILES string of the molecule is C=c1[nH]c(=O)/c(=C\c2c[nH]c3ccccc23)s1. The van der Waals surface area contributed by atoms with Crippen LogP contribution < -0.4 is 14.8 Å². The molecule has 0 bridgehead atoms. The highest BCUT2D eigenvalue weighted by Gasteiger charge is 2.00. The van der Waals surface area contributed by atoms with Crippen molar-refractivity contribution >= 4 is 34.9 Å². The second-order valence-corrected chi connectivity index (χ2v) is 4.91. The first-order valence-electron chi connectivity index (χ1n) is 5.20. The van der Waals surface area contributed by atoms with Crippen LogP contribution in [0, 0.1) is 0 Å². The van der Waals surface area contributed by atoms with E-state index in [4.69, 9.17) is 0 Å². The normalized spacial score (nSPS) is 12.4. The van der Waals surface area contributed by atoms with Crippen molar-refractivity contribution in [1.29, 1.82) is 0 Å². The second-order valence-electron chi connectivity index (χ2n) is 3.78. The van der Waals surface area contributed by atoms with Gasteiger partial charge in [0.05, 0.1) is 9.20 Å². The Kier molecular flexibility index (Phi) is 2.23. The van der Waals surface area contributed by atoms with Crippen LogP contribution in [0.15, 0.2) is 35.3 Å². The smallest absolute Gasteiger partial charge is 0.266 e. The highest BCUT2D eigenvalue weighted by atomic mass is 32.1. The lowest BCUT2D eigenvalue weighted by Crippen LogP contribution is -2.19. The number of H-pyrrole nitrogens is 2. The topological polar surface area (TPSA) is 48.6 Å². The lowest BCUT2D eigenvalue weighted by atomic mass is 10.2. The summed E-state index contributed by atoms with van der Waals surface area (Å²) in [5, 5.41) is 1.12. The van der Waals surface area contributed by atoms with Crippen LogP contribution in [-0.4, -0.2) is 9.97 Å². The molecule has 3 aromatic rings. The Balaban J connectivity index is 2.31. The maximum absolute atomic E-state index is 11.6. The molecule has 4 heteroatoms. The first kappa shape index (κ1) is 10.1. The minimum absolute atomic E-state index is 0.0784. The van der Waals surface area contributed by atoms with Crippen molar-refractivity contribution in [2.45, 2.75) is 0 Å². The molecular formula is C13H10N2OS. The Hall–Kier alpha value is -2.07. The minimum Gasteiger partial charge on any atom is -0.361 e. The minimum atomic E-state index is -0.0784. The summed E-state index contributed by atoms with van der Waals surface area (Å²) < 4.78 is 1.36. The summed E-state index contributed by atoms with van der Waals surface area (Å²) in [5.74, 6) is 0. The summed E-state index contributed by atoms with van der Waals surface area (Å²) in [7, 11) is 0. The third-order valence-corrected chi connectivity index (χ3v) is 3.49. The third-order valence-electron chi connectivity index (χ3n) is 2.62. The molecule has 0 spiro atoms. The lowest BCUT2D eigenvalue weighted by molar-refractivity contribution is 1.26. The zero-order valence-corrected chi connectivity index (χ0v) is 9.80. The molecule has 2 N–H and O–H groups in total. The first-order chi connectivity index (χ1) is 8.24. The van der Waals surface area contributed by atoms with Crippen LogP contribution >= 0.6 is 11.3 Å². The number of rotatable bonds is 1. The van der Waals surface area contributed by atoms with Crippen LogP contribution in [0.3, 0.4) is 0 Å². The zero-order chi connectivity index (χ0) is 11.8. The Labute approximate surface area is 101 Å². The maximum atomic E-state index is 11.6. The van der Waals surface area contributed by atoms with Gasteiger partial charge >= 0.3 is 0 Å². The molecule has 17 heavy (non-hydrogen) atoms. The molecule has 3 rings (SSSR count). The van der Waals surface area contributed by atoms with E-state index in [0.717, 1.165) is 16.5 Å². The third kappa shape index (κ3) is 1.72. The van der Waals surface area contributed by atoms with Crippen LogP contribution in [0.1, 0.15) is 5.56 Å². The average molecular weight is 242 g/mol. The Morgan fingerprint density at radius 2 is 2.12 bits per heavy atom. The predicted molar refractivity (Wildman–Crippen MR) is 71.6 cm³/mol. The summed E-state index contributed by atoms with van der Waals surface area (Å²) >= 11 is 1.37. The number of para-hydroxylation sites is 1. The van der Waals surface area contributed by atoms with E-state index in [2.05, 4.69) is 16.5 Å². The summed E-state index contributed by atoms with van der Waals surface area (Å²) in [6.07, 6.45) is 3.80. The van der Waals surface area contributed by atoms with Crippen LogP contribution in [-0.2, 0) is 0 Å². The van der Waals surface area contributed by atoms with E-state index in [9.17, 15) is 4.79 Å². The molecule has 0 aliphatic rings. The van der Waals surface area contributed by atoms with Gasteiger partial charge in [0.25, 0.3) is 5.56 Å². The van der Waals surface area contributed by atoms with Gasteiger partial charge < -0.3 is 9.97 Å². The van der Waals surface area contributed by atoms with Crippen LogP contribution in [0.25, 0.3) is 23.6 Å². The van der Waals surface area contributed by atoms with Crippen molar-refractivity contribution in [2.24, 2.45) is 0 Å². The van der Waals surface area contributed by atoms with Gasteiger partial charge in [-0.25, -0.2) is 0 Å². The standard InChI is InChI=1S/C13H10N2OS/c1-8-15-13(16)12(17-8)6-9-7-14-11-5-3-2-4-10(9)11/h2-7,14H,1H2,(H,15,16)/b12-6+. The van der Waals surface area contributed by atoms with Gasteiger partial charge in [-0.1, -0.05) is 24.8 Å². The molecule has 0 radical (unpaired) electrons. The number of benzene rings is 1. The monoisotopic (exact) mass is 242 g/mol. The van der Waals surface area contributed by atoms with Gasteiger partial charge in [-0.05, 0) is 12.1 Å². The van der Waals surface area contributed by atoms with Gasteiger partial charge in [-0.3, -0.25) is 4.79 Å². The molecule has 2 heterocycles. The van der Waals surface area contributed by atoms with Gasteiger partial charge in [0, 0.05) is 22.7 Å². The van der Waals surface area contributed by atoms with E-state index in [1.165, 1.54) is 11.3 Å². The Morgan fingerprint density at radius 1 is 1.29 bits per heavy atom. The number of aromatic amines is 2. The van der Waals surface area contributed by atoms with Crippen molar-refractivity contribution < 1.29 is 0 Å². The molecule has 0 atom stereocenters. The van der Waals surface area contributed by atoms with Crippen LogP contribution in [0.5, 0.6) is 0 Å². The van der Waals surface area contributed by atoms with Crippen LogP contribution in [0.2, 0.25) is 0 Å². The number of aromatic nitrogens is 2. The molecule has 0 unspecified atom stereocenters. The number of hydrogen-bond acceptors (Lipinski definition) is 2. The van der Waals surface area contributed by atoms with Gasteiger partial charge in [0.2, 0.25) is 0 Å². The summed E-state index contributed by atoms with van der Waals surface area (Å²) in [5.41, 5.74) is 2.01. The van der Waals surface area contributed by atoms with Gasteiger partial charge in [-0.15, -0.1) is 11.3 Å². The van der Waals surface area contributed by atoms with Crippen molar-refractivity contribution in [3.8, 4) is 0 Å². The molecule has 0 fully saturated rings. The van der Waals surface area contributed by atoms with Crippen molar-refractivity contribution in [1.82, 2.24) is 9.97 Å². The Bertz CT molecular complexity index is 838. The fourth-order valence-electron chi connectivity index (χ4n) is 1.84. The molecule has 3 nitrogen and oxygen atoms in total. The maximum Gasteiger partial charge on any atom is 0.266 e. The molecule has 0 amide bonds. The first-order valence-corrected chi connectivity index (χ1v) is 6.01. The zero-order valence-electron chi connectivity index (χ0n) is 8.99. The van der Waals surface area contributed by atoms with Crippen LogP contribution in [0.4, 0.5) is 0 Å². The molecule has 0 aliphatic carbocycles. The van der Waals surface area contributed by atoms with Crippen molar-refractivity contribution in [3.05, 3.63) is 55.6 Å². The highest BCUT2D eigenvalue weighted by molar-refractivity contribution is 7.07. The van der Waals surface area contributed by atoms with E-state index >= 15 is 0 Å². The number of fused-ring (bicyclic) bond motifs is 1. The Morgan fingerprint density at radius 3 is 2.88 bits per heavy atom. The van der Waals surface area contributed by atoms with Gasteiger partial charge in [-0.2, -0.15) is 0 Å². The molecule has 84 valence electrons. The molecule has 0 saturated carbocycles. The van der Waals surface area contributed by atoms with Gasteiger partial charge in [0.1, 0.15) is 0 Å². The van der Waals surface area contributed by atoms with Crippen molar-refractivity contribution in [3.63, 3.8) is 0 Å².